The Balaban J connectivity index is 0.00000140. The molecule has 148 valence electrons. The zero-order valence-electron chi connectivity index (χ0n) is 15.1. The van der Waals surface area contributed by atoms with E-state index in [4.69, 9.17) is 4.52 Å². The van der Waals surface area contributed by atoms with Crippen LogP contribution in [0.4, 0.5) is 0 Å². The lowest BCUT2D eigenvalue weighted by molar-refractivity contribution is -0.121. The predicted octanol–water partition coefficient (Wildman–Crippen LogP) is 2.83. The molecule has 2 N–H and O–H groups in total. The standard InChI is InChI=1S/C19H19N5O2.2ClH/c25-17(22-10-13-4-5-14-11-20-12-15(14)9-13)6-7-18-23-19(24-26-18)16-3-1-2-8-21-16;;/h1-5,8-9,20H,6-7,10-12H2,(H,22,25);2*1H. The number of aromatic nitrogens is 3. The fourth-order valence-corrected chi connectivity index (χ4v) is 2.92. The van der Waals surface area contributed by atoms with Gasteiger partial charge >= 0.3 is 0 Å². The Bertz CT molecular complexity index is 918. The SMILES string of the molecule is Cl.Cl.O=C(CCc1nc(-c2ccccn2)no1)NCc1ccc2c(c1)CNC2. The smallest absolute Gasteiger partial charge is 0.227 e. The number of nitrogens with zero attached hydrogens (tertiary/aromatic N) is 3. The summed E-state index contributed by atoms with van der Waals surface area (Å²) >= 11 is 0. The Morgan fingerprint density at radius 3 is 2.82 bits per heavy atom. The second kappa shape index (κ2) is 10.2. The van der Waals surface area contributed by atoms with Crippen molar-refractivity contribution >= 4 is 30.7 Å². The number of rotatable bonds is 6. The fourth-order valence-electron chi connectivity index (χ4n) is 2.92. The van der Waals surface area contributed by atoms with Crippen LogP contribution in [-0.2, 0) is 30.8 Å². The van der Waals surface area contributed by atoms with Crippen LogP contribution in [-0.4, -0.2) is 21.0 Å². The van der Waals surface area contributed by atoms with Crippen molar-refractivity contribution in [1.29, 1.82) is 0 Å². The van der Waals surface area contributed by atoms with E-state index in [0.29, 0.717) is 36.8 Å². The molecule has 1 aromatic carbocycles. The van der Waals surface area contributed by atoms with Gasteiger partial charge in [-0.1, -0.05) is 29.4 Å². The summed E-state index contributed by atoms with van der Waals surface area (Å²) in [7, 11) is 0. The second-order valence-electron chi connectivity index (χ2n) is 6.21. The fraction of sp³-hybridized carbons (Fsp3) is 0.263. The molecule has 0 spiro atoms. The molecule has 1 aliphatic rings. The average molecular weight is 422 g/mol. The van der Waals surface area contributed by atoms with Crippen LogP contribution >= 0.6 is 24.8 Å². The molecule has 0 saturated heterocycles. The zero-order valence-corrected chi connectivity index (χ0v) is 16.7. The summed E-state index contributed by atoms with van der Waals surface area (Å²) in [6, 6.07) is 11.8. The number of halogens is 2. The van der Waals surface area contributed by atoms with Crippen molar-refractivity contribution in [2.45, 2.75) is 32.5 Å². The van der Waals surface area contributed by atoms with E-state index in [-0.39, 0.29) is 30.7 Å². The number of carbonyl (C=O) groups is 1. The van der Waals surface area contributed by atoms with E-state index in [1.807, 2.05) is 18.2 Å². The van der Waals surface area contributed by atoms with E-state index in [2.05, 4.69) is 44.0 Å². The number of hydrogen-bond donors (Lipinski definition) is 2. The summed E-state index contributed by atoms with van der Waals surface area (Å²) in [5.74, 6) is 0.832. The summed E-state index contributed by atoms with van der Waals surface area (Å²) < 4.78 is 5.19. The predicted molar refractivity (Wildman–Crippen MR) is 109 cm³/mol. The molecule has 0 saturated carbocycles. The van der Waals surface area contributed by atoms with Crippen LogP contribution in [0, 0.1) is 0 Å². The summed E-state index contributed by atoms with van der Waals surface area (Å²) in [4.78, 5) is 20.5. The number of aryl methyl sites for hydroxylation is 1. The van der Waals surface area contributed by atoms with Gasteiger partial charge in [0.1, 0.15) is 5.69 Å². The number of carbonyl (C=O) groups excluding carboxylic acids is 1. The number of nitrogens with one attached hydrogen (secondary N) is 2. The minimum absolute atomic E-state index is 0. The molecule has 3 aromatic rings. The lowest BCUT2D eigenvalue weighted by Gasteiger charge is -2.06. The van der Waals surface area contributed by atoms with Gasteiger partial charge in [-0.3, -0.25) is 9.78 Å². The highest BCUT2D eigenvalue weighted by Gasteiger charge is 2.12. The highest BCUT2D eigenvalue weighted by Crippen LogP contribution is 2.17. The van der Waals surface area contributed by atoms with Gasteiger partial charge in [-0.05, 0) is 28.8 Å². The maximum Gasteiger partial charge on any atom is 0.227 e. The van der Waals surface area contributed by atoms with Gasteiger partial charge in [-0.25, -0.2) is 0 Å². The van der Waals surface area contributed by atoms with Crippen molar-refractivity contribution in [1.82, 2.24) is 25.8 Å². The Morgan fingerprint density at radius 1 is 1.14 bits per heavy atom. The van der Waals surface area contributed by atoms with Gasteiger partial charge < -0.3 is 15.2 Å². The Kier molecular flexibility index (Phi) is 7.92. The van der Waals surface area contributed by atoms with E-state index in [1.54, 1.807) is 6.20 Å². The molecule has 9 heteroatoms. The minimum Gasteiger partial charge on any atom is -0.352 e. The van der Waals surface area contributed by atoms with Gasteiger partial charge in [-0.15, -0.1) is 24.8 Å². The van der Waals surface area contributed by atoms with Crippen LogP contribution < -0.4 is 10.6 Å². The van der Waals surface area contributed by atoms with E-state index in [9.17, 15) is 4.79 Å². The van der Waals surface area contributed by atoms with Gasteiger partial charge in [0, 0.05) is 38.7 Å². The summed E-state index contributed by atoms with van der Waals surface area (Å²) in [5, 5.41) is 10.2. The number of fused-ring (bicyclic) bond motifs is 1. The van der Waals surface area contributed by atoms with Gasteiger partial charge in [-0.2, -0.15) is 4.98 Å². The van der Waals surface area contributed by atoms with Gasteiger partial charge in [0.25, 0.3) is 0 Å². The van der Waals surface area contributed by atoms with Crippen molar-refractivity contribution in [2.24, 2.45) is 0 Å². The number of benzene rings is 1. The first-order valence-electron chi connectivity index (χ1n) is 8.60. The number of hydrogen-bond acceptors (Lipinski definition) is 6. The summed E-state index contributed by atoms with van der Waals surface area (Å²) in [6.07, 6.45) is 2.38. The topological polar surface area (TPSA) is 92.9 Å². The molecule has 0 unspecified atom stereocenters. The quantitative estimate of drug-likeness (QED) is 0.635. The van der Waals surface area contributed by atoms with Crippen molar-refractivity contribution in [3.63, 3.8) is 0 Å². The molecule has 0 atom stereocenters. The van der Waals surface area contributed by atoms with Crippen molar-refractivity contribution in [3.8, 4) is 11.5 Å². The molecule has 0 fully saturated rings. The minimum atomic E-state index is -0.0405. The zero-order chi connectivity index (χ0) is 17.8. The van der Waals surface area contributed by atoms with E-state index in [0.717, 1.165) is 18.7 Å². The van der Waals surface area contributed by atoms with Gasteiger partial charge in [0.05, 0.1) is 0 Å². The largest absolute Gasteiger partial charge is 0.352 e. The molecule has 1 aliphatic heterocycles. The van der Waals surface area contributed by atoms with Crippen LogP contribution in [0.3, 0.4) is 0 Å². The van der Waals surface area contributed by atoms with Crippen LogP contribution in [0.1, 0.15) is 29.0 Å². The molecular formula is C19H21Cl2N5O2. The first-order valence-corrected chi connectivity index (χ1v) is 8.60. The molecule has 4 rings (SSSR count). The van der Waals surface area contributed by atoms with Crippen LogP contribution in [0.5, 0.6) is 0 Å². The molecule has 0 radical (unpaired) electrons. The second-order valence-corrected chi connectivity index (χ2v) is 6.21. The molecule has 2 aromatic heterocycles. The van der Waals surface area contributed by atoms with Gasteiger partial charge in [0.2, 0.25) is 17.6 Å². The first-order chi connectivity index (χ1) is 12.8. The molecule has 7 nitrogen and oxygen atoms in total. The molecule has 1 amide bonds. The van der Waals surface area contributed by atoms with Crippen molar-refractivity contribution in [2.75, 3.05) is 0 Å². The van der Waals surface area contributed by atoms with E-state index in [1.165, 1.54) is 11.1 Å². The Labute approximate surface area is 175 Å². The highest BCUT2D eigenvalue weighted by atomic mass is 35.5. The van der Waals surface area contributed by atoms with E-state index >= 15 is 0 Å². The van der Waals surface area contributed by atoms with Crippen LogP contribution in [0.25, 0.3) is 11.5 Å². The number of pyridine rings is 1. The first kappa shape index (κ1) is 21.8. The van der Waals surface area contributed by atoms with Crippen LogP contribution in [0.15, 0.2) is 47.1 Å². The normalized spacial score (nSPS) is 11.9. The molecule has 0 bridgehead atoms. The monoisotopic (exact) mass is 421 g/mol. The third-order valence-electron chi connectivity index (χ3n) is 4.32. The highest BCUT2D eigenvalue weighted by molar-refractivity contribution is 5.85. The maximum absolute atomic E-state index is 12.1. The third-order valence-corrected chi connectivity index (χ3v) is 4.32. The maximum atomic E-state index is 12.1. The molecule has 3 heterocycles. The summed E-state index contributed by atoms with van der Waals surface area (Å²) in [5.41, 5.74) is 4.40. The molecular weight excluding hydrogens is 401 g/mol. The van der Waals surface area contributed by atoms with Crippen molar-refractivity contribution < 1.29 is 9.32 Å². The van der Waals surface area contributed by atoms with Gasteiger partial charge in [0.15, 0.2) is 0 Å². The van der Waals surface area contributed by atoms with E-state index < -0.39 is 0 Å². The number of amides is 1. The Hall–Kier alpha value is -2.48. The Morgan fingerprint density at radius 2 is 2.00 bits per heavy atom. The lowest BCUT2D eigenvalue weighted by Crippen LogP contribution is -2.23. The average Bonchev–Trinajstić information content (AvgIpc) is 3.34. The van der Waals surface area contributed by atoms with Crippen LogP contribution in [0.2, 0.25) is 0 Å². The van der Waals surface area contributed by atoms with Crippen molar-refractivity contribution in [3.05, 3.63) is 65.2 Å². The third kappa shape index (κ3) is 5.28. The lowest BCUT2D eigenvalue weighted by atomic mass is 10.1. The summed E-state index contributed by atoms with van der Waals surface area (Å²) in [6.45, 7) is 2.34. The molecule has 28 heavy (non-hydrogen) atoms. The molecule has 0 aliphatic carbocycles.